The first kappa shape index (κ1) is 15.7. The van der Waals surface area contributed by atoms with Gasteiger partial charge in [-0.2, -0.15) is 0 Å². The standard InChI is InChI=1S/C18H15N7O/c1-11-4-2-5-14(21-11)17-23-18(15-6-3-9-25(15)24-17)22-13-7-8-20-10-12(13)16(19)26/h2-10H,1H3,(H2,19,26)(H,20,22,23,24). The largest absolute Gasteiger partial charge is 0.365 e. The lowest BCUT2D eigenvalue weighted by Crippen LogP contribution is -2.14. The van der Waals surface area contributed by atoms with Gasteiger partial charge in [0, 0.05) is 24.3 Å². The van der Waals surface area contributed by atoms with Crippen molar-refractivity contribution in [2.45, 2.75) is 6.92 Å². The number of nitrogens with two attached hydrogens (primary N) is 1. The van der Waals surface area contributed by atoms with Crippen molar-refractivity contribution in [3.63, 3.8) is 0 Å². The minimum atomic E-state index is -0.568. The minimum absolute atomic E-state index is 0.283. The van der Waals surface area contributed by atoms with E-state index in [0.29, 0.717) is 23.0 Å². The zero-order valence-corrected chi connectivity index (χ0v) is 13.9. The molecule has 3 N–H and O–H groups in total. The molecular weight excluding hydrogens is 330 g/mol. The number of primary amides is 1. The van der Waals surface area contributed by atoms with Crippen LogP contribution in [-0.4, -0.2) is 30.5 Å². The Kier molecular flexibility index (Phi) is 3.77. The fourth-order valence-electron chi connectivity index (χ4n) is 2.63. The van der Waals surface area contributed by atoms with E-state index in [0.717, 1.165) is 11.2 Å². The van der Waals surface area contributed by atoms with Crippen molar-refractivity contribution >= 4 is 22.9 Å². The predicted octanol–water partition coefficient (Wildman–Crippen LogP) is 2.34. The number of hydrogen-bond donors (Lipinski definition) is 2. The second-order valence-corrected chi connectivity index (χ2v) is 5.70. The van der Waals surface area contributed by atoms with Gasteiger partial charge in [0.1, 0.15) is 11.2 Å². The van der Waals surface area contributed by atoms with Gasteiger partial charge in [0.15, 0.2) is 5.82 Å². The van der Waals surface area contributed by atoms with Crippen LogP contribution in [0.5, 0.6) is 0 Å². The van der Waals surface area contributed by atoms with E-state index >= 15 is 0 Å². The Labute approximate surface area is 148 Å². The van der Waals surface area contributed by atoms with E-state index in [1.54, 1.807) is 16.8 Å². The Morgan fingerprint density at radius 1 is 1.15 bits per heavy atom. The molecule has 4 aromatic rings. The molecule has 0 aliphatic rings. The van der Waals surface area contributed by atoms with Gasteiger partial charge < -0.3 is 11.1 Å². The number of pyridine rings is 2. The molecule has 0 aromatic carbocycles. The van der Waals surface area contributed by atoms with Crippen LogP contribution < -0.4 is 11.1 Å². The van der Waals surface area contributed by atoms with Gasteiger partial charge in [-0.05, 0) is 37.3 Å². The lowest BCUT2D eigenvalue weighted by atomic mass is 10.2. The third kappa shape index (κ3) is 2.84. The molecule has 0 saturated heterocycles. The Hall–Kier alpha value is -3.81. The average Bonchev–Trinajstić information content (AvgIpc) is 3.11. The van der Waals surface area contributed by atoms with Gasteiger partial charge in [0.05, 0.1) is 11.3 Å². The number of nitrogens with zero attached hydrogens (tertiary/aromatic N) is 5. The van der Waals surface area contributed by atoms with Crippen LogP contribution in [0, 0.1) is 6.92 Å². The smallest absolute Gasteiger partial charge is 0.252 e. The molecule has 4 heterocycles. The number of aromatic nitrogens is 5. The summed E-state index contributed by atoms with van der Waals surface area (Å²) in [4.78, 5) is 24.7. The zero-order chi connectivity index (χ0) is 18.1. The molecule has 1 amide bonds. The summed E-state index contributed by atoms with van der Waals surface area (Å²) in [5.74, 6) is 0.438. The van der Waals surface area contributed by atoms with Crippen LogP contribution in [0.25, 0.3) is 17.0 Å². The fraction of sp³-hybridized carbons (Fsp3) is 0.0556. The Morgan fingerprint density at radius 2 is 2.04 bits per heavy atom. The molecule has 0 fully saturated rings. The summed E-state index contributed by atoms with van der Waals surface area (Å²) < 4.78 is 1.71. The maximum atomic E-state index is 11.6. The lowest BCUT2D eigenvalue weighted by Gasteiger charge is -2.11. The fourth-order valence-corrected chi connectivity index (χ4v) is 2.63. The van der Waals surface area contributed by atoms with Crippen molar-refractivity contribution < 1.29 is 4.79 Å². The highest BCUT2D eigenvalue weighted by atomic mass is 16.1. The molecular formula is C18H15N7O. The van der Waals surface area contributed by atoms with Crippen LogP contribution in [0.3, 0.4) is 0 Å². The van der Waals surface area contributed by atoms with Gasteiger partial charge in [-0.15, -0.1) is 5.10 Å². The Morgan fingerprint density at radius 3 is 2.85 bits per heavy atom. The monoisotopic (exact) mass is 345 g/mol. The van der Waals surface area contributed by atoms with Crippen LogP contribution in [0.15, 0.2) is 55.0 Å². The summed E-state index contributed by atoms with van der Waals surface area (Å²) in [6.07, 6.45) is 4.82. The zero-order valence-electron chi connectivity index (χ0n) is 13.9. The molecule has 0 bridgehead atoms. The number of hydrogen-bond acceptors (Lipinski definition) is 6. The molecule has 0 atom stereocenters. The number of aryl methyl sites for hydroxylation is 1. The SMILES string of the molecule is Cc1cccc(-c2nc(Nc3ccncc3C(N)=O)c3cccn3n2)n1. The van der Waals surface area contributed by atoms with Gasteiger partial charge in [-0.3, -0.25) is 9.78 Å². The van der Waals surface area contributed by atoms with Gasteiger partial charge >= 0.3 is 0 Å². The summed E-state index contributed by atoms with van der Waals surface area (Å²) in [6.45, 7) is 1.91. The molecule has 0 saturated carbocycles. The number of anilines is 2. The van der Waals surface area contributed by atoms with E-state index in [1.165, 1.54) is 6.20 Å². The molecule has 0 aliphatic carbocycles. The van der Waals surface area contributed by atoms with Crippen molar-refractivity contribution in [2.75, 3.05) is 5.32 Å². The van der Waals surface area contributed by atoms with E-state index in [9.17, 15) is 4.79 Å². The first-order valence-electron chi connectivity index (χ1n) is 7.92. The Bertz CT molecular complexity index is 1120. The van der Waals surface area contributed by atoms with Crippen molar-refractivity contribution in [1.29, 1.82) is 0 Å². The van der Waals surface area contributed by atoms with E-state index in [-0.39, 0.29) is 5.56 Å². The summed E-state index contributed by atoms with van der Waals surface area (Å²) in [6, 6.07) is 11.1. The minimum Gasteiger partial charge on any atom is -0.365 e. The predicted molar refractivity (Wildman–Crippen MR) is 97.0 cm³/mol. The molecule has 128 valence electrons. The summed E-state index contributed by atoms with van der Waals surface area (Å²) in [7, 11) is 0. The first-order valence-corrected chi connectivity index (χ1v) is 7.92. The maximum absolute atomic E-state index is 11.6. The van der Waals surface area contributed by atoms with Gasteiger partial charge in [0.2, 0.25) is 5.82 Å². The number of carbonyl (C=O) groups is 1. The second-order valence-electron chi connectivity index (χ2n) is 5.70. The second kappa shape index (κ2) is 6.25. The van der Waals surface area contributed by atoms with Crippen molar-refractivity contribution in [1.82, 2.24) is 24.6 Å². The van der Waals surface area contributed by atoms with Crippen molar-refractivity contribution in [3.8, 4) is 11.5 Å². The van der Waals surface area contributed by atoms with E-state index in [1.807, 2.05) is 43.5 Å². The third-order valence-corrected chi connectivity index (χ3v) is 3.85. The highest BCUT2D eigenvalue weighted by Gasteiger charge is 2.14. The molecule has 0 spiro atoms. The lowest BCUT2D eigenvalue weighted by molar-refractivity contribution is 0.100. The average molecular weight is 345 g/mol. The summed E-state index contributed by atoms with van der Waals surface area (Å²) in [5, 5.41) is 7.67. The maximum Gasteiger partial charge on any atom is 0.252 e. The number of carbonyl (C=O) groups excluding carboxylic acids is 1. The number of rotatable bonds is 4. The number of nitrogens with one attached hydrogen (secondary N) is 1. The summed E-state index contributed by atoms with van der Waals surface area (Å²) >= 11 is 0. The molecule has 0 aliphatic heterocycles. The molecule has 0 unspecified atom stereocenters. The highest BCUT2D eigenvalue weighted by Crippen LogP contribution is 2.24. The number of amides is 1. The van der Waals surface area contributed by atoms with Crippen LogP contribution in [0.2, 0.25) is 0 Å². The van der Waals surface area contributed by atoms with Crippen LogP contribution in [-0.2, 0) is 0 Å². The van der Waals surface area contributed by atoms with E-state index < -0.39 is 5.91 Å². The molecule has 4 aromatic heterocycles. The normalized spacial score (nSPS) is 10.8. The highest BCUT2D eigenvalue weighted by molar-refractivity contribution is 5.99. The quantitative estimate of drug-likeness (QED) is 0.587. The number of fused-ring (bicyclic) bond motifs is 1. The van der Waals surface area contributed by atoms with Crippen LogP contribution in [0.4, 0.5) is 11.5 Å². The van der Waals surface area contributed by atoms with Crippen LogP contribution >= 0.6 is 0 Å². The topological polar surface area (TPSA) is 111 Å². The van der Waals surface area contributed by atoms with E-state index in [4.69, 9.17) is 5.73 Å². The first-order chi connectivity index (χ1) is 12.6. The van der Waals surface area contributed by atoms with Gasteiger partial charge in [-0.1, -0.05) is 6.07 Å². The Balaban J connectivity index is 1.85. The van der Waals surface area contributed by atoms with Gasteiger partial charge in [-0.25, -0.2) is 14.5 Å². The van der Waals surface area contributed by atoms with E-state index in [2.05, 4.69) is 25.4 Å². The van der Waals surface area contributed by atoms with Crippen molar-refractivity contribution in [2.24, 2.45) is 5.73 Å². The molecule has 4 rings (SSSR count). The third-order valence-electron chi connectivity index (χ3n) is 3.85. The molecule has 8 nitrogen and oxygen atoms in total. The van der Waals surface area contributed by atoms with Crippen molar-refractivity contribution in [3.05, 3.63) is 66.2 Å². The molecule has 8 heteroatoms. The molecule has 26 heavy (non-hydrogen) atoms. The summed E-state index contributed by atoms with van der Waals surface area (Å²) in [5.41, 5.74) is 8.53. The molecule has 0 radical (unpaired) electrons. The van der Waals surface area contributed by atoms with Crippen LogP contribution in [0.1, 0.15) is 16.1 Å². The van der Waals surface area contributed by atoms with Gasteiger partial charge in [0.25, 0.3) is 5.91 Å².